The van der Waals surface area contributed by atoms with Crippen LogP contribution in [0.15, 0.2) is 53.5 Å². The third-order valence-electron chi connectivity index (χ3n) is 5.47. The molecule has 0 saturated carbocycles. The minimum atomic E-state index is -4.70. The highest BCUT2D eigenvalue weighted by Crippen LogP contribution is 2.28. The van der Waals surface area contributed by atoms with Gasteiger partial charge in [-0.05, 0) is 55.5 Å². The Morgan fingerprint density at radius 3 is 2.21 bits per heavy atom. The number of hydrogen-bond acceptors (Lipinski definition) is 7. The highest BCUT2D eigenvalue weighted by Gasteiger charge is 2.33. The SMILES string of the molecule is CC1(COc2ccc(N3CCC(Oc4ccc(OC(F)(F)F)cc4)CC3)cc2)CN=C(N)O1. The number of rotatable bonds is 7. The van der Waals surface area contributed by atoms with Crippen LogP contribution in [0.1, 0.15) is 19.8 Å². The van der Waals surface area contributed by atoms with E-state index < -0.39 is 12.0 Å². The molecule has 2 aromatic carbocycles. The number of benzene rings is 2. The molecule has 1 atom stereocenters. The number of hydrogen-bond donors (Lipinski definition) is 1. The lowest BCUT2D eigenvalue weighted by atomic mass is 10.1. The molecule has 178 valence electrons. The summed E-state index contributed by atoms with van der Waals surface area (Å²) in [4.78, 5) is 6.32. The third-order valence-corrected chi connectivity index (χ3v) is 5.47. The zero-order valence-electron chi connectivity index (χ0n) is 18.2. The maximum Gasteiger partial charge on any atom is 0.573 e. The summed E-state index contributed by atoms with van der Waals surface area (Å²) in [6.45, 7) is 4.34. The van der Waals surface area contributed by atoms with E-state index in [0.29, 0.717) is 18.9 Å². The highest BCUT2D eigenvalue weighted by molar-refractivity contribution is 5.73. The van der Waals surface area contributed by atoms with Crippen LogP contribution in [0.25, 0.3) is 0 Å². The summed E-state index contributed by atoms with van der Waals surface area (Å²) in [6, 6.07) is 13.5. The van der Waals surface area contributed by atoms with Gasteiger partial charge < -0.3 is 29.6 Å². The summed E-state index contributed by atoms with van der Waals surface area (Å²) in [5, 5.41) is 0. The second-order valence-corrected chi connectivity index (χ2v) is 8.31. The first kappa shape index (κ1) is 22.9. The Morgan fingerprint density at radius 1 is 1.03 bits per heavy atom. The molecule has 0 bridgehead atoms. The molecule has 1 saturated heterocycles. The molecule has 0 aromatic heterocycles. The zero-order valence-corrected chi connectivity index (χ0v) is 18.2. The van der Waals surface area contributed by atoms with Crippen molar-refractivity contribution in [3.05, 3.63) is 48.5 Å². The van der Waals surface area contributed by atoms with Crippen molar-refractivity contribution in [1.29, 1.82) is 0 Å². The van der Waals surface area contributed by atoms with Crippen LogP contribution < -0.4 is 24.8 Å². The van der Waals surface area contributed by atoms with Crippen molar-refractivity contribution in [2.45, 2.75) is 37.8 Å². The molecule has 33 heavy (non-hydrogen) atoms. The largest absolute Gasteiger partial charge is 0.573 e. The Labute approximate surface area is 189 Å². The first-order chi connectivity index (χ1) is 15.7. The Morgan fingerprint density at radius 2 is 1.64 bits per heavy atom. The number of halogens is 3. The number of aliphatic imine (C=N–C) groups is 1. The van der Waals surface area contributed by atoms with Gasteiger partial charge in [-0.15, -0.1) is 13.2 Å². The Balaban J connectivity index is 1.22. The maximum atomic E-state index is 12.3. The van der Waals surface area contributed by atoms with Gasteiger partial charge in [0.1, 0.15) is 30.0 Å². The standard InChI is InChI=1S/C23H26F3N3O4/c1-22(14-28-21(27)33-22)15-30-17-4-2-16(3-5-17)29-12-10-19(11-13-29)31-18-6-8-20(9-7-18)32-23(24,25)26/h2-9,19H,10-15H2,1H3,(H2,27,28). The summed E-state index contributed by atoms with van der Waals surface area (Å²) >= 11 is 0. The second-order valence-electron chi connectivity index (χ2n) is 8.31. The van der Waals surface area contributed by atoms with Crippen LogP contribution in [0.3, 0.4) is 0 Å². The lowest BCUT2D eigenvalue weighted by molar-refractivity contribution is -0.274. The summed E-state index contributed by atoms with van der Waals surface area (Å²) in [6.07, 6.45) is -3.10. The number of nitrogens with zero attached hydrogens (tertiary/aromatic N) is 2. The number of amidine groups is 1. The molecule has 0 aliphatic carbocycles. The van der Waals surface area contributed by atoms with E-state index in [1.807, 2.05) is 31.2 Å². The molecule has 1 fully saturated rings. The maximum absolute atomic E-state index is 12.3. The van der Waals surface area contributed by atoms with E-state index in [-0.39, 0.29) is 17.9 Å². The molecular formula is C23H26F3N3O4. The van der Waals surface area contributed by atoms with Gasteiger partial charge in [-0.2, -0.15) is 0 Å². The molecule has 0 spiro atoms. The molecule has 0 amide bonds. The van der Waals surface area contributed by atoms with E-state index >= 15 is 0 Å². The van der Waals surface area contributed by atoms with Crippen molar-refractivity contribution in [2.24, 2.45) is 10.7 Å². The van der Waals surface area contributed by atoms with Gasteiger partial charge in [0.05, 0.1) is 6.54 Å². The highest BCUT2D eigenvalue weighted by atomic mass is 19.4. The van der Waals surface area contributed by atoms with E-state index in [9.17, 15) is 13.2 Å². The fraction of sp³-hybridized carbons (Fsp3) is 0.435. The van der Waals surface area contributed by atoms with Crippen LogP contribution in [0.4, 0.5) is 18.9 Å². The average molecular weight is 465 g/mol. The van der Waals surface area contributed by atoms with Crippen molar-refractivity contribution < 1.29 is 32.1 Å². The third kappa shape index (κ3) is 6.36. The minimum Gasteiger partial charge on any atom is -0.490 e. The minimum absolute atomic E-state index is 0.0000479. The van der Waals surface area contributed by atoms with Crippen molar-refractivity contribution in [2.75, 3.05) is 31.1 Å². The fourth-order valence-corrected chi connectivity index (χ4v) is 3.77. The van der Waals surface area contributed by atoms with Crippen LogP contribution in [0.2, 0.25) is 0 Å². The van der Waals surface area contributed by atoms with Crippen LogP contribution in [0, 0.1) is 0 Å². The fourth-order valence-electron chi connectivity index (χ4n) is 3.77. The molecule has 2 heterocycles. The Bertz CT molecular complexity index is 958. The van der Waals surface area contributed by atoms with E-state index in [2.05, 4.69) is 14.6 Å². The van der Waals surface area contributed by atoms with Gasteiger partial charge in [0.25, 0.3) is 6.02 Å². The molecule has 2 aromatic rings. The van der Waals surface area contributed by atoms with Crippen LogP contribution in [-0.4, -0.2) is 50.3 Å². The van der Waals surface area contributed by atoms with Gasteiger partial charge in [0.15, 0.2) is 5.60 Å². The van der Waals surface area contributed by atoms with E-state index in [1.54, 1.807) is 0 Å². The lowest BCUT2D eigenvalue weighted by Gasteiger charge is -2.33. The molecule has 4 rings (SSSR count). The molecule has 2 aliphatic heterocycles. The second kappa shape index (κ2) is 9.29. The zero-order chi connectivity index (χ0) is 23.5. The predicted octanol–water partition coefficient (Wildman–Crippen LogP) is 4.12. The number of piperidine rings is 1. The van der Waals surface area contributed by atoms with Crippen LogP contribution in [0.5, 0.6) is 17.2 Å². The quantitative estimate of drug-likeness (QED) is 0.663. The van der Waals surface area contributed by atoms with Crippen molar-refractivity contribution >= 4 is 11.7 Å². The predicted molar refractivity (Wildman–Crippen MR) is 117 cm³/mol. The van der Waals surface area contributed by atoms with Gasteiger partial charge in [0.2, 0.25) is 0 Å². The van der Waals surface area contributed by atoms with Crippen molar-refractivity contribution in [3.8, 4) is 17.2 Å². The summed E-state index contributed by atoms with van der Waals surface area (Å²) < 4.78 is 57.9. The van der Waals surface area contributed by atoms with Gasteiger partial charge >= 0.3 is 6.36 Å². The number of anilines is 1. The lowest BCUT2D eigenvalue weighted by Crippen LogP contribution is -2.38. The molecule has 2 N–H and O–H groups in total. The molecular weight excluding hydrogens is 439 g/mol. The number of alkyl halides is 3. The molecule has 7 nitrogen and oxygen atoms in total. The van der Waals surface area contributed by atoms with Gasteiger partial charge in [-0.1, -0.05) is 0 Å². The first-order valence-corrected chi connectivity index (χ1v) is 10.7. The number of ether oxygens (including phenoxy) is 4. The molecule has 0 radical (unpaired) electrons. The summed E-state index contributed by atoms with van der Waals surface area (Å²) in [7, 11) is 0. The topological polar surface area (TPSA) is 78.5 Å². The van der Waals surface area contributed by atoms with Crippen molar-refractivity contribution in [1.82, 2.24) is 0 Å². The molecule has 1 unspecified atom stereocenters. The van der Waals surface area contributed by atoms with Crippen molar-refractivity contribution in [3.63, 3.8) is 0 Å². The number of nitrogens with two attached hydrogens (primary N) is 1. The van der Waals surface area contributed by atoms with E-state index in [4.69, 9.17) is 19.9 Å². The van der Waals surface area contributed by atoms with Crippen LogP contribution >= 0.6 is 0 Å². The Kier molecular flexibility index (Phi) is 6.44. The summed E-state index contributed by atoms with van der Waals surface area (Å²) in [5.41, 5.74) is 6.12. The smallest absolute Gasteiger partial charge is 0.490 e. The van der Waals surface area contributed by atoms with E-state index in [1.165, 1.54) is 24.3 Å². The van der Waals surface area contributed by atoms with Gasteiger partial charge in [-0.25, -0.2) is 4.99 Å². The monoisotopic (exact) mass is 465 g/mol. The molecule has 10 heteroatoms. The van der Waals surface area contributed by atoms with Gasteiger partial charge in [-0.3, -0.25) is 0 Å². The van der Waals surface area contributed by atoms with Crippen LogP contribution in [-0.2, 0) is 4.74 Å². The van der Waals surface area contributed by atoms with E-state index in [0.717, 1.165) is 37.4 Å². The van der Waals surface area contributed by atoms with Gasteiger partial charge in [0, 0.05) is 31.6 Å². The normalized spacial score (nSPS) is 21.3. The average Bonchev–Trinajstić information content (AvgIpc) is 3.12. The molecule has 2 aliphatic rings. The first-order valence-electron chi connectivity index (χ1n) is 10.7. The Hall–Kier alpha value is -3.30. The summed E-state index contributed by atoms with van der Waals surface area (Å²) in [5.74, 6) is 1.00.